The van der Waals surface area contributed by atoms with E-state index in [0.29, 0.717) is 5.54 Å². The Labute approximate surface area is 111 Å². The van der Waals surface area contributed by atoms with Crippen LogP contribution in [0.4, 0.5) is 0 Å². The van der Waals surface area contributed by atoms with E-state index in [4.69, 9.17) is 0 Å². The summed E-state index contributed by atoms with van der Waals surface area (Å²) < 4.78 is 0. The highest BCUT2D eigenvalue weighted by atomic mass is 15.2. The molecule has 1 saturated heterocycles. The molecule has 2 atom stereocenters. The number of hydrogen-bond acceptors (Lipinski definition) is 1. The van der Waals surface area contributed by atoms with Gasteiger partial charge < -0.3 is 0 Å². The minimum absolute atomic E-state index is 0.315. The first-order valence-electron chi connectivity index (χ1n) is 7.37. The van der Waals surface area contributed by atoms with Gasteiger partial charge in [-0.3, -0.25) is 4.90 Å². The minimum atomic E-state index is 0.315. The van der Waals surface area contributed by atoms with Gasteiger partial charge >= 0.3 is 0 Å². The van der Waals surface area contributed by atoms with Crippen LogP contribution in [0.3, 0.4) is 0 Å². The van der Waals surface area contributed by atoms with Crippen LogP contribution >= 0.6 is 0 Å². The fourth-order valence-electron chi connectivity index (χ4n) is 3.82. The Morgan fingerprint density at radius 3 is 2.33 bits per heavy atom. The lowest BCUT2D eigenvalue weighted by Crippen LogP contribution is -2.55. The van der Waals surface area contributed by atoms with Crippen molar-refractivity contribution >= 4 is 0 Å². The summed E-state index contributed by atoms with van der Waals surface area (Å²) in [6, 6.07) is 9.85. The Hall–Kier alpha value is -0.820. The number of rotatable bonds is 0. The third kappa shape index (κ3) is 2.21. The molecule has 0 radical (unpaired) electrons. The van der Waals surface area contributed by atoms with Crippen molar-refractivity contribution in [1.82, 2.24) is 4.90 Å². The van der Waals surface area contributed by atoms with Crippen LogP contribution in [-0.4, -0.2) is 23.0 Å². The highest BCUT2D eigenvalue weighted by molar-refractivity contribution is 5.30. The van der Waals surface area contributed by atoms with Gasteiger partial charge in [0, 0.05) is 18.1 Å². The summed E-state index contributed by atoms with van der Waals surface area (Å²) in [5.41, 5.74) is 3.53. The van der Waals surface area contributed by atoms with Crippen molar-refractivity contribution in [1.29, 1.82) is 0 Å². The first-order valence-corrected chi connectivity index (χ1v) is 7.37. The predicted octanol–water partition coefficient (Wildman–Crippen LogP) is 3.66. The molecule has 0 saturated carbocycles. The average molecular weight is 243 g/mol. The van der Waals surface area contributed by atoms with Crippen molar-refractivity contribution in [3.63, 3.8) is 0 Å². The number of benzene rings is 1. The molecular weight excluding hydrogens is 218 g/mol. The van der Waals surface area contributed by atoms with Crippen molar-refractivity contribution in [3.8, 4) is 0 Å². The molecule has 2 aliphatic heterocycles. The predicted molar refractivity (Wildman–Crippen MR) is 76.8 cm³/mol. The second-order valence-corrected chi connectivity index (χ2v) is 7.10. The SMILES string of the molecule is CC(C)(C)N1CC2CCC1Cc1ccccc1C2. The van der Waals surface area contributed by atoms with Gasteiger partial charge in [-0.25, -0.2) is 0 Å². The van der Waals surface area contributed by atoms with Crippen LogP contribution in [0.15, 0.2) is 24.3 Å². The molecule has 2 bridgehead atoms. The topological polar surface area (TPSA) is 3.24 Å². The summed E-state index contributed by atoms with van der Waals surface area (Å²) in [5.74, 6) is 0.863. The maximum absolute atomic E-state index is 2.76. The van der Waals surface area contributed by atoms with Gasteiger partial charge in [0.15, 0.2) is 0 Å². The molecule has 0 amide bonds. The van der Waals surface area contributed by atoms with Gasteiger partial charge in [-0.2, -0.15) is 0 Å². The van der Waals surface area contributed by atoms with E-state index in [0.717, 1.165) is 12.0 Å². The Kier molecular flexibility index (Phi) is 2.97. The van der Waals surface area contributed by atoms with E-state index >= 15 is 0 Å². The van der Waals surface area contributed by atoms with Crippen LogP contribution < -0.4 is 0 Å². The highest BCUT2D eigenvalue weighted by Gasteiger charge is 2.36. The van der Waals surface area contributed by atoms with Gasteiger partial charge in [0.2, 0.25) is 0 Å². The molecule has 1 nitrogen and oxygen atoms in total. The van der Waals surface area contributed by atoms with Crippen LogP contribution in [0.5, 0.6) is 0 Å². The molecule has 1 aromatic carbocycles. The van der Waals surface area contributed by atoms with E-state index in [1.54, 1.807) is 11.1 Å². The van der Waals surface area contributed by atoms with Crippen molar-refractivity contribution in [2.75, 3.05) is 6.54 Å². The zero-order valence-electron chi connectivity index (χ0n) is 11.9. The zero-order chi connectivity index (χ0) is 12.8. The summed E-state index contributed by atoms with van der Waals surface area (Å²) in [4.78, 5) is 2.76. The molecular formula is C17H25N. The summed E-state index contributed by atoms with van der Waals surface area (Å²) >= 11 is 0. The number of piperidine rings is 1. The molecule has 4 rings (SSSR count). The molecule has 1 aromatic rings. The lowest BCUT2D eigenvalue weighted by atomic mass is 9.78. The second-order valence-electron chi connectivity index (χ2n) is 7.10. The fraction of sp³-hybridized carbons (Fsp3) is 0.647. The van der Waals surface area contributed by atoms with Crippen LogP contribution in [0, 0.1) is 5.92 Å². The van der Waals surface area contributed by atoms with Crippen LogP contribution in [0.25, 0.3) is 0 Å². The Morgan fingerprint density at radius 2 is 1.67 bits per heavy atom. The molecule has 1 aliphatic carbocycles. The van der Waals surface area contributed by atoms with Crippen molar-refractivity contribution in [3.05, 3.63) is 35.4 Å². The highest BCUT2D eigenvalue weighted by Crippen LogP contribution is 2.35. The van der Waals surface area contributed by atoms with Crippen molar-refractivity contribution < 1.29 is 0 Å². The van der Waals surface area contributed by atoms with Crippen molar-refractivity contribution in [2.24, 2.45) is 5.92 Å². The molecule has 2 heterocycles. The number of nitrogens with zero attached hydrogens (tertiary/aromatic N) is 1. The van der Waals surface area contributed by atoms with Crippen LogP contribution in [0.1, 0.15) is 44.7 Å². The van der Waals surface area contributed by atoms with E-state index in [9.17, 15) is 0 Å². The molecule has 1 heteroatoms. The molecule has 0 spiro atoms. The molecule has 1 fully saturated rings. The van der Waals surface area contributed by atoms with Gasteiger partial charge in [-0.05, 0) is 63.5 Å². The van der Waals surface area contributed by atoms with Gasteiger partial charge in [0.25, 0.3) is 0 Å². The normalized spacial score (nSPS) is 28.6. The molecule has 98 valence electrons. The van der Waals surface area contributed by atoms with E-state index in [-0.39, 0.29) is 0 Å². The Bertz CT molecular complexity index is 429. The van der Waals surface area contributed by atoms with E-state index in [1.807, 2.05) is 0 Å². The molecule has 2 unspecified atom stereocenters. The van der Waals surface area contributed by atoms with Gasteiger partial charge in [-0.15, -0.1) is 0 Å². The monoisotopic (exact) mass is 243 g/mol. The summed E-state index contributed by atoms with van der Waals surface area (Å²) in [6.07, 6.45) is 5.34. The summed E-state index contributed by atoms with van der Waals surface area (Å²) in [5, 5.41) is 0. The zero-order valence-corrected chi connectivity index (χ0v) is 11.9. The first-order chi connectivity index (χ1) is 8.54. The summed E-state index contributed by atoms with van der Waals surface area (Å²) in [7, 11) is 0. The van der Waals surface area contributed by atoms with Crippen LogP contribution in [-0.2, 0) is 12.8 Å². The average Bonchev–Trinajstić information content (AvgIpc) is 2.26. The standard InChI is InChI=1S/C17H25N/c1-17(2,3)18-12-13-8-9-16(18)11-15-7-5-4-6-14(15)10-13/h4-7,13,16H,8-12H2,1-3H3. The second kappa shape index (κ2) is 4.38. The number of hydrogen-bond donors (Lipinski definition) is 0. The third-order valence-corrected chi connectivity index (χ3v) is 4.75. The molecule has 0 aromatic heterocycles. The van der Waals surface area contributed by atoms with Gasteiger partial charge in [0.1, 0.15) is 0 Å². The van der Waals surface area contributed by atoms with E-state index < -0.39 is 0 Å². The molecule has 0 N–H and O–H groups in total. The molecule has 18 heavy (non-hydrogen) atoms. The van der Waals surface area contributed by atoms with Crippen molar-refractivity contribution in [2.45, 2.75) is 58.0 Å². The minimum Gasteiger partial charge on any atom is -0.295 e. The smallest absolute Gasteiger partial charge is 0.0141 e. The fourth-order valence-corrected chi connectivity index (χ4v) is 3.82. The number of fused-ring (bicyclic) bond motifs is 2. The maximum atomic E-state index is 2.76. The Balaban J connectivity index is 1.95. The van der Waals surface area contributed by atoms with Crippen LogP contribution in [0.2, 0.25) is 0 Å². The summed E-state index contributed by atoms with van der Waals surface area (Å²) in [6.45, 7) is 8.41. The quantitative estimate of drug-likeness (QED) is 0.672. The first kappa shape index (κ1) is 12.2. The lowest BCUT2D eigenvalue weighted by Gasteiger charge is -2.49. The van der Waals surface area contributed by atoms with Gasteiger partial charge in [-0.1, -0.05) is 24.3 Å². The maximum Gasteiger partial charge on any atom is 0.0141 e. The van der Waals surface area contributed by atoms with E-state index in [2.05, 4.69) is 49.9 Å². The lowest BCUT2D eigenvalue weighted by molar-refractivity contribution is 0.0216. The third-order valence-electron chi connectivity index (χ3n) is 4.75. The Morgan fingerprint density at radius 1 is 1.00 bits per heavy atom. The molecule has 3 aliphatic rings. The largest absolute Gasteiger partial charge is 0.295 e. The van der Waals surface area contributed by atoms with Gasteiger partial charge in [0.05, 0.1) is 0 Å². The van der Waals surface area contributed by atoms with E-state index in [1.165, 1.54) is 32.2 Å².